The fourth-order valence-corrected chi connectivity index (χ4v) is 4.19. The lowest BCUT2D eigenvalue weighted by Gasteiger charge is -2.32. The van der Waals surface area contributed by atoms with E-state index in [1.165, 1.54) is 0 Å². The number of halogens is 1. The molecule has 0 amide bonds. The Balaban J connectivity index is 0.00000162. The first-order valence-electron chi connectivity index (χ1n) is 6.41. The topological polar surface area (TPSA) is 58.6 Å². The SMILES string of the molecule is C[C@H]1CN(S(=O)(=O)CC2CCCCO2)CCN1.Cl. The molecule has 108 valence electrons. The summed E-state index contributed by atoms with van der Waals surface area (Å²) in [4.78, 5) is 0. The maximum atomic E-state index is 12.2. The van der Waals surface area contributed by atoms with Gasteiger partial charge in [-0.25, -0.2) is 8.42 Å². The van der Waals surface area contributed by atoms with Gasteiger partial charge in [0, 0.05) is 32.3 Å². The van der Waals surface area contributed by atoms with Crippen molar-refractivity contribution < 1.29 is 13.2 Å². The minimum Gasteiger partial charge on any atom is -0.377 e. The van der Waals surface area contributed by atoms with Crippen LogP contribution in [0.25, 0.3) is 0 Å². The van der Waals surface area contributed by atoms with Crippen molar-refractivity contribution >= 4 is 22.4 Å². The van der Waals surface area contributed by atoms with Gasteiger partial charge in [-0.2, -0.15) is 4.31 Å². The first-order valence-corrected chi connectivity index (χ1v) is 8.01. The van der Waals surface area contributed by atoms with Gasteiger partial charge in [-0.3, -0.25) is 0 Å². The van der Waals surface area contributed by atoms with Crippen molar-refractivity contribution in [3.63, 3.8) is 0 Å². The molecule has 0 radical (unpaired) electrons. The van der Waals surface area contributed by atoms with Crippen LogP contribution in [0.15, 0.2) is 0 Å². The van der Waals surface area contributed by atoms with E-state index < -0.39 is 10.0 Å². The standard InChI is InChI=1S/C11H22N2O3S.ClH/c1-10-8-13(6-5-12-10)17(14,15)9-11-4-2-3-7-16-11;/h10-12H,2-9H2,1H3;1H/t10-,11?;/m0./s1. The quantitative estimate of drug-likeness (QED) is 0.829. The van der Waals surface area contributed by atoms with Gasteiger partial charge in [0.25, 0.3) is 0 Å². The van der Waals surface area contributed by atoms with E-state index in [9.17, 15) is 8.42 Å². The second-order valence-corrected chi connectivity index (χ2v) is 6.99. The van der Waals surface area contributed by atoms with Crippen LogP contribution in [0.1, 0.15) is 26.2 Å². The van der Waals surface area contributed by atoms with Gasteiger partial charge in [0.15, 0.2) is 0 Å². The number of sulfonamides is 1. The fraction of sp³-hybridized carbons (Fsp3) is 1.00. The molecule has 2 rings (SSSR count). The third kappa shape index (κ3) is 4.35. The normalized spacial score (nSPS) is 30.7. The molecule has 7 heteroatoms. The lowest BCUT2D eigenvalue weighted by atomic mass is 10.1. The zero-order valence-corrected chi connectivity index (χ0v) is 12.4. The van der Waals surface area contributed by atoms with Gasteiger partial charge in [0.2, 0.25) is 10.0 Å². The van der Waals surface area contributed by atoms with Gasteiger partial charge in [-0.05, 0) is 26.2 Å². The number of piperazine rings is 1. The first kappa shape index (κ1) is 16.2. The molecule has 2 saturated heterocycles. The Hall–Kier alpha value is 0.120. The van der Waals surface area contributed by atoms with Crippen LogP contribution >= 0.6 is 12.4 Å². The van der Waals surface area contributed by atoms with Gasteiger partial charge in [-0.15, -0.1) is 12.4 Å². The van der Waals surface area contributed by atoms with Crippen molar-refractivity contribution in [2.45, 2.75) is 38.3 Å². The summed E-state index contributed by atoms with van der Waals surface area (Å²) in [5.74, 6) is 0.153. The molecule has 2 aliphatic rings. The molecular formula is C11H23ClN2O3S. The second kappa shape index (κ2) is 7.05. The van der Waals surface area contributed by atoms with Crippen LogP contribution in [-0.4, -0.2) is 56.9 Å². The van der Waals surface area contributed by atoms with Crippen LogP contribution in [0.2, 0.25) is 0 Å². The van der Waals surface area contributed by atoms with Crippen molar-refractivity contribution in [2.24, 2.45) is 0 Å². The molecule has 0 aromatic carbocycles. The summed E-state index contributed by atoms with van der Waals surface area (Å²) in [5.41, 5.74) is 0. The Labute approximate surface area is 116 Å². The molecule has 0 bridgehead atoms. The molecule has 0 spiro atoms. The van der Waals surface area contributed by atoms with Crippen molar-refractivity contribution in [2.75, 3.05) is 32.0 Å². The molecule has 18 heavy (non-hydrogen) atoms. The zero-order chi connectivity index (χ0) is 12.3. The van der Waals surface area contributed by atoms with Gasteiger partial charge < -0.3 is 10.1 Å². The minimum absolute atomic E-state index is 0. The van der Waals surface area contributed by atoms with Crippen LogP contribution in [-0.2, 0) is 14.8 Å². The Kier molecular flexibility index (Phi) is 6.34. The Bertz CT molecular complexity index is 344. The Morgan fingerprint density at radius 1 is 1.39 bits per heavy atom. The monoisotopic (exact) mass is 298 g/mol. The maximum Gasteiger partial charge on any atom is 0.216 e. The van der Waals surface area contributed by atoms with E-state index >= 15 is 0 Å². The van der Waals surface area contributed by atoms with Gasteiger partial charge >= 0.3 is 0 Å². The lowest BCUT2D eigenvalue weighted by Crippen LogP contribution is -2.52. The molecular weight excluding hydrogens is 276 g/mol. The lowest BCUT2D eigenvalue weighted by molar-refractivity contribution is 0.0298. The molecule has 0 aromatic heterocycles. The highest BCUT2D eigenvalue weighted by molar-refractivity contribution is 7.89. The van der Waals surface area contributed by atoms with Crippen molar-refractivity contribution in [1.82, 2.24) is 9.62 Å². The number of hydrogen-bond donors (Lipinski definition) is 1. The van der Waals surface area contributed by atoms with Crippen LogP contribution < -0.4 is 5.32 Å². The maximum absolute atomic E-state index is 12.2. The number of rotatable bonds is 3. The first-order chi connectivity index (χ1) is 8.08. The predicted molar refractivity (Wildman–Crippen MR) is 73.7 cm³/mol. The Morgan fingerprint density at radius 3 is 2.78 bits per heavy atom. The van der Waals surface area contributed by atoms with Crippen molar-refractivity contribution in [3.05, 3.63) is 0 Å². The van der Waals surface area contributed by atoms with E-state index in [2.05, 4.69) is 5.32 Å². The minimum atomic E-state index is -3.15. The highest BCUT2D eigenvalue weighted by Gasteiger charge is 2.30. The van der Waals surface area contributed by atoms with E-state index in [0.717, 1.165) is 25.8 Å². The second-order valence-electron chi connectivity index (χ2n) is 4.98. The smallest absolute Gasteiger partial charge is 0.216 e. The third-order valence-electron chi connectivity index (χ3n) is 3.40. The number of hydrogen-bond acceptors (Lipinski definition) is 4. The van der Waals surface area contributed by atoms with E-state index in [1.807, 2.05) is 6.92 Å². The summed E-state index contributed by atoms with van der Waals surface area (Å²) in [6, 6.07) is 0.241. The van der Waals surface area contributed by atoms with E-state index in [0.29, 0.717) is 19.7 Å². The van der Waals surface area contributed by atoms with Crippen LogP contribution in [0.4, 0.5) is 0 Å². The summed E-state index contributed by atoms with van der Waals surface area (Å²) < 4.78 is 31.5. The van der Waals surface area contributed by atoms with Gasteiger partial charge in [-0.1, -0.05) is 0 Å². The summed E-state index contributed by atoms with van der Waals surface area (Å²) in [7, 11) is -3.15. The van der Waals surface area contributed by atoms with Gasteiger partial charge in [0.05, 0.1) is 11.9 Å². The number of ether oxygens (including phenoxy) is 1. The molecule has 0 saturated carbocycles. The molecule has 2 heterocycles. The largest absolute Gasteiger partial charge is 0.377 e. The van der Waals surface area contributed by atoms with Gasteiger partial charge in [0.1, 0.15) is 0 Å². The van der Waals surface area contributed by atoms with E-state index in [1.54, 1.807) is 4.31 Å². The molecule has 2 aliphatic heterocycles. The van der Waals surface area contributed by atoms with E-state index in [4.69, 9.17) is 4.74 Å². The highest BCUT2D eigenvalue weighted by atomic mass is 35.5. The third-order valence-corrected chi connectivity index (χ3v) is 5.31. The van der Waals surface area contributed by atoms with E-state index in [-0.39, 0.29) is 30.3 Å². The average molecular weight is 299 g/mol. The van der Waals surface area contributed by atoms with Crippen LogP contribution in [0.3, 0.4) is 0 Å². The average Bonchev–Trinajstić information content (AvgIpc) is 2.30. The van der Waals surface area contributed by atoms with Crippen LogP contribution in [0.5, 0.6) is 0 Å². The molecule has 1 unspecified atom stereocenters. The molecule has 1 N–H and O–H groups in total. The molecule has 2 fully saturated rings. The predicted octanol–water partition coefficient (Wildman–Crippen LogP) is 0.601. The van der Waals surface area contributed by atoms with Crippen molar-refractivity contribution in [1.29, 1.82) is 0 Å². The molecule has 5 nitrogen and oxygen atoms in total. The molecule has 2 atom stereocenters. The van der Waals surface area contributed by atoms with Crippen LogP contribution in [0, 0.1) is 0 Å². The number of nitrogens with zero attached hydrogens (tertiary/aromatic N) is 1. The summed E-state index contributed by atoms with van der Waals surface area (Å²) >= 11 is 0. The zero-order valence-electron chi connectivity index (χ0n) is 10.8. The van der Waals surface area contributed by atoms with Crippen molar-refractivity contribution in [3.8, 4) is 0 Å². The molecule has 0 aromatic rings. The highest BCUT2D eigenvalue weighted by Crippen LogP contribution is 2.17. The number of nitrogens with one attached hydrogen (secondary N) is 1. The Morgan fingerprint density at radius 2 is 2.17 bits per heavy atom. The summed E-state index contributed by atoms with van der Waals surface area (Å²) in [6.07, 6.45) is 2.92. The molecule has 0 aliphatic carbocycles. The summed E-state index contributed by atoms with van der Waals surface area (Å²) in [5, 5.41) is 3.25. The fourth-order valence-electron chi connectivity index (χ4n) is 2.43. The summed E-state index contributed by atoms with van der Waals surface area (Å²) in [6.45, 7) is 4.62.